The molecule has 1 unspecified atom stereocenters. The van der Waals surface area contributed by atoms with Crippen molar-refractivity contribution in [3.8, 4) is 0 Å². The Labute approximate surface area is 86.6 Å². The van der Waals surface area contributed by atoms with Crippen LogP contribution in [0, 0.1) is 5.92 Å². The summed E-state index contributed by atoms with van der Waals surface area (Å²) in [4.78, 5) is 26.9. The van der Waals surface area contributed by atoms with Crippen LogP contribution in [0.4, 0.5) is 0 Å². The highest BCUT2D eigenvalue weighted by molar-refractivity contribution is 6.20. The molecule has 76 valence electrons. The summed E-state index contributed by atoms with van der Waals surface area (Å²) in [7, 11) is 1.26. The molecule has 0 radical (unpaired) electrons. The van der Waals surface area contributed by atoms with Gasteiger partial charge in [-0.1, -0.05) is 18.2 Å². The third-order valence-corrected chi connectivity index (χ3v) is 2.23. The molecule has 0 aromatic rings. The largest absolute Gasteiger partial charge is 0.464 e. The van der Waals surface area contributed by atoms with Crippen LogP contribution in [-0.2, 0) is 14.3 Å². The van der Waals surface area contributed by atoms with Gasteiger partial charge in [0.1, 0.15) is 0 Å². The van der Waals surface area contributed by atoms with E-state index in [0.29, 0.717) is 5.71 Å². The number of fused-ring (bicyclic) bond motifs is 1. The maximum Gasteiger partial charge on any atom is 0.356 e. The normalized spacial score (nSPS) is 23.0. The van der Waals surface area contributed by atoms with Crippen molar-refractivity contribution in [2.75, 3.05) is 7.11 Å². The lowest BCUT2D eigenvalue weighted by Gasteiger charge is -2.17. The van der Waals surface area contributed by atoms with E-state index in [-0.39, 0.29) is 17.4 Å². The number of hydrogen-bond donors (Lipinski definition) is 0. The summed E-state index contributed by atoms with van der Waals surface area (Å²) >= 11 is 0. The van der Waals surface area contributed by atoms with Gasteiger partial charge in [0.15, 0.2) is 11.5 Å². The zero-order chi connectivity index (χ0) is 10.8. The van der Waals surface area contributed by atoms with Crippen LogP contribution in [0.5, 0.6) is 0 Å². The number of hydrogen-bond acceptors (Lipinski definition) is 4. The standard InChI is InChI=1S/C11H9NO3/c1-15-11(14)9-6-10(13)7-4-2-3-5-8(7)12-9/h2-7H,1H3. The summed E-state index contributed by atoms with van der Waals surface area (Å²) in [5.74, 6) is -1.07. The monoisotopic (exact) mass is 203 g/mol. The number of carbonyl (C=O) groups excluding carboxylic acids is 2. The molecule has 1 aliphatic heterocycles. The number of aliphatic imine (C=N–C) groups is 1. The Hall–Kier alpha value is -1.97. The van der Waals surface area contributed by atoms with Gasteiger partial charge in [0.05, 0.1) is 18.7 Å². The number of esters is 1. The lowest BCUT2D eigenvalue weighted by Crippen LogP contribution is -2.26. The SMILES string of the molecule is COC(=O)C1=CC(=O)C2C=CC=CC2=N1. The van der Waals surface area contributed by atoms with E-state index >= 15 is 0 Å². The molecule has 4 nitrogen and oxygen atoms in total. The van der Waals surface area contributed by atoms with Crippen LogP contribution in [0.15, 0.2) is 41.1 Å². The average molecular weight is 203 g/mol. The zero-order valence-electron chi connectivity index (χ0n) is 8.14. The fraction of sp³-hybridized carbons (Fsp3) is 0.182. The summed E-state index contributed by atoms with van der Waals surface area (Å²) in [6.45, 7) is 0. The molecule has 0 N–H and O–H groups in total. The molecular weight excluding hydrogens is 194 g/mol. The van der Waals surface area contributed by atoms with Gasteiger partial charge in [0, 0.05) is 6.08 Å². The molecule has 1 atom stereocenters. The van der Waals surface area contributed by atoms with E-state index < -0.39 is 5.97 Å². The van der Waals surface area contributed by atoms with Gasteiger partial charge < -0.3 is 4.74 Å². The smallest absolute Gasteiger partial charge is 0.356 e. The predicted molar refractivity (Wildman–Crippen MR) is 54.3 cm³/mol. The molecule has 0 aromatic carbocycles. The number of methoxy groups -OCH3 is 1. The van der Waals surface area contributed by atoms with Crippen LogP contribution in [0.3, 0.4) is 0 Å². The number of nitrogens with zero attached hydrogens (tertiary/aromatic N) is 1. The highest BCUT2D eigenvalue weighted by atomic mass is 16.5. The second-order valence-electron chi connectivity index (χ2n) is 3.18. The minimum Gasteiger partial charge on any atom is -0.464 e. The molecule has 1 heterocycles. The molecule has 4 heteroatoms. The Bertz CT molecular complexity index is 441. The Morgan fingerprint density at radius 1 is 1.47 bits per heavy atom. The Balaban J connectivity index is 2.37. The number of ether oxygens (including phenoxy) is 1. The van der Waals surface area contributed by atoms with Gasteiger partial charge in [-0.15, -0.1) is 0 Å². The van der Waals surface area contributed by atoms with Crippen LogP contribution >= 0.6 is 0 Å². The first kappa shape index (κ1) is 9.58. The van der Waals surface area contributed by atoms with Crippen molar-refractivity contribution in [2.45, 2.75) is 0 Å². The summed E-state index contributed by atoms with van der Waals surface area (Å²) in [5.41, 5.74) is 0.652. The van der Waals surface area contributed by atoms with Gasteiger partial charge in [0.25, 0.3) is 0 Å². The molecule has 2 aliphatic rings. The summed E-state index contributed by atoms with van der Waals surface area (Å²) < 4.78 is 4.51. The highest BCUT2D eigenvalue weighted by Crippen LogP contribution is 2.19. The molecule has 0 saturated heterocycles. The maximum absolute atomic E-state index is 11.6. The topological polar surface area (TPSA) is 55.7 Å². The summed E-state index contributed by atoms with van der Waals surface area (Å²) in [5, 5.41) is 0. The van der Waals surface area contributed by atoms with Crippen molar-refractivity contribution in [1.29, 1.82) is 0 Å². The molecule has 15 heavy (non-hydrogen) atoms. The third kappa shape index (κ3) is 1.66. The molecule has 0 saturated carbocycles. The molecule has 1 aliphatic carbocycles. The van der Waals surface area contributed by atoms with E-state index in [4.69, 9.17) is 0 Å². The van der Waals surface area contributed by atoms with Crippen molar-refractivity contribution >= 4 is 17.5 Å². The number of carbonyl (C=O) groups is 2. The van der Waals surface area contributed by atoms with Crippen LogP contribution < -0.4 is 0 Å². The van der Waals surface area contributed by atoms with Crippen molar-refractivity contribution in [3.63, 3.8) is 0 Å². The summed E-state index contributed by atoms with van der Waals surface area (Å²) in [6.07, 6.45) is 8.27. The Kier molecular flexibility index (Phi) is 2.33. The molecule has 0 fully saturated rings. The van der Waals surface area contributed by atoms with Gasteiger partial charge in [-0.3, -0.25) is 4.79 Å². The summed E-state index contributed by atoms with van der Waals surface area (Å²) in [6, 6.07) is 0. The van der Waals surface area contributed by atoms with Crippen LogP contribution in [0.1, 0.15) is 0 Å². The minimum atomic E-state index is -0.586. The quantitative estimate of drug-likeness (QED) is 0.592. The second-order valence-corrected chi connectivity index (χ2v) is 3.18. The first-order valence-electron chi connectivity index (χ1n) is 4.49. The van der Waals surface area contributed by atoms with Crippen molar-refractivity contribution in [3.05, 3.63) is 36.1 Å². The molecule has 2 rings (SSSR count). The van der Waals surface area contributed by atoms with E-state index in [1.54, 1.807) is 24.3 Å². The number of ketones is 1. The second kappa shape index (κ2) is 3.65. The van der Waals surface area contributed by atoms with E-state index in [2.05, 4.69) is 9.73 Å². The fourth-order valence-electron chi connectivity index (χ4n) is 1.48. The Morgan fingerprint density at radius 3 is 3.00 bits per heavy atom. The molecule has 0 aromatic heterocycles. The Morgan fingerprint density at radius 2 is 2.27 bits per heavy atom. The maximum atomic E-state index is 11.6. The number of allylic oxidation sites excluding steroid dienone is 5. The first-order chi connectivity index (χ1) is 7.22. The lowest BCUT2D eigenvalue weighted by atomic mass is 9.91. The van der Waals surface area contributed by atoms with Crippen molar-refractivity contribution in [2.24, 2.45) is 10.9 Å². The van der Waals surface area contributed by atoms with Gasteiger partial charge in [-0.25, -0.2) is 9.79 Å². The molecule has 0 bridgehead atoms. The van der Waals surface area contributed by atoms with Gasteiger partial charge in [-0.05, 0) is 6.08 Å². The van der Waals surface area contributed by atoms with E-state index in [9.17, 15) is 9.59 Å². The molecule has 0 amide bonds. The first-order valence-corrected chi connectivity index (χ1v) is 4.49. The lowest BCUT2D eigenvalue weighted by molar-refractivity contribution is -0.136. The minimum absolute atomic E-state index is 0.0636. The molecular formula is C11H9NO3. The van der Waals surface area contributed by atoms with Gasteiger partial charge in [0.2, 0.25) is 0 Å². The fourth-order valence-corrected chi connectivity index (χ4v) is 1.48. The number of rotatable bonds is 1. The predicted octanol–water partition coefficient (Wildman–Crippen LogP) is 0.809. The van der Waals surface area contributed by atoms with Crippen molar-refractivity contribution in [1.82, 2.24) is 0 Å². The average Bonchev–Trinajstić information content (AvgIpc) is 2.28. The van der Waals surface area contributed by atoms with Gasteiger partial charge >= 0.3 is 5.97 Å². The highest BCUT2D eigenvalue weighted by Gasteiger charge is 2.27. The van der Waals surface area contributed by atoms with E-state index in [1.165, 1.54) is 13.2 Å². The molecule has 0 spiro atoms. The zero-order valence-corrected chi connectivity index (χ0v) is 8.14. The van der Waals surface area contributed by atoms with Gasteiger partial charge in [-0.2, -0.15) is 0 Å². The third-order valence-electron chi connectivity index (χ3n) is 2.23. The van der Waals surface area contributed by atoms with E-state index in [1.807, 2.05) is 0 Å². The van der Waals surface area contributed by atoms with Crippen LogP contribution in [0.2, 0.25) is 0 Å². The van der Waals surface area contributed by atoms with E-state index in [0.717, 1.165) is 0 Å². The van der Waals surface area contributed by atoms with Crippen LogP contribution in [0.25, 0.3) is 0 Å². The van der Waals surface area contributed by atoms with Crippen molar-refractivity contribution < 1.29 is 14.3 Å². The van der Waals surface area contributed by atoms with Crippen LogP contribution in [-0.4, -0.2) is 24.6 Å².